The molecule has 114 valence electrons. The van der Waals surface area contributed by atoms with Crippen LogP contribution < -0.4 is 5.32 Å². The average Bonchev–Trinajstić information content (AvgIpc) is 2.78. The first-order chi connectivity index (χ1) is 10.6. The Hall–Kier alpha value is -2.43. The van der Waals surface area contributed by atoms with Crippen LogP contribution in [0.25, 0.3) is 10.9 Å². The van der Waals surface area contributed by atoms with E-state index in [1.54, 1.807) is 0 Å². The Labute approximate surface area is 130 Å². The summed E-state index contributed by atoms with van der Waals surface area (Å²) in [5.41, 5.74) is 5.07. The fourth-order valence-corrected chi connectivity index (χ4v) is 2.87. The summed E-state index contributed by atoms with van der Waals surface area (Å²) in [4.78, 5) is 16.2. The van der Waals surface area contributed by atoms with E-state index in [9.17, 15) is 0 Å². The minimum Gasteiger partial charge on any atom is -0.358 e. The van der Waals surface area contributed by atoms with Gasteiger partial charge in [0.2, 0.25) is 5.95 Å². The highest BCUT2D eigenvalue weighted by Crippen LogP contribution is 2.24. The summed E-state index contributed by atoms with van der Waals surface area (Å²) < 4.78 is 0. The molecule has 2 aromatic heterocycles. The Morgan fingerprint density at radius 2 is 1.77 bits per heavy atom. The van der Waals surface area contributed by atoms with Gasteiger partial charge in [0.05, 0.1) is 0 Å². The summed E-state index contributed by atoms with van der Waals surface area (Å²) in [5, 5.41) is 4.59. The first kappa shape index (κ1) is 14.5. The second-order valence-electron chi connectivity index (χ2n) is 5.57. The SMILES string of the molecule is CCc1c(C)[nH]c2ccc(CNc3nc(C)nc(C)n3)cc12. The van der Waals surface area contributed by atoms with Crippen LogP contribution in [0.5, 0.6) is 0 Å². The van der Waals surface area contributed by atoms with Gasteiger partial charge >= 0.3 is 0 Å². The number of aromatic nitrogens is 4. The third-order valence-corrected chi connectivity index (χ3v) is 3.85. The van der Waals surface area contributed by atoms with Crippen LogP contribution in [0.1, 0.15) is 35.4 Å². The van der Waals surface area contributed by atoms with E-state index in [1.165, 1.54) is 27.7 Å². The predicted molar refractivity (Wildman–Crippen MR) is 89.0 cm³/mol. The molecule has 0 aliphatic rings. The standard InChI is InChI=1S/C17H21N5/c1-5-14-10(2)19-16-7-6-13(8-15(14)16)9-18-17-21-11(3)20-12(4)22-17/h6-8,19H,5,9H2,1-4H3,(H,18,20,21,22). The molecule has 3 aromatic rings. The van der Waals surface area contributed by atoms with Gasteiger partial charge in [0.1, 0.15) is 11.6 Å². The highest BCUT2D eigenvalue weighted by atomic mass is 15.1. The molecule has 0 saturated carbocycles. The minimum absolute atomic E-state index is 0.631. The van der Waals surface area contributed by atoms with E-state index in [4.69, 9.17) is 0 Å². The number of fused-ring (bicyclic) bond motifs is 1. The molecular weight excluding hydrogens is 274 g/mol. The first-order valence-corrected chi connectivity index (χ1v) is 7.60. The zero-order valence-electron chi connectivity index (χ0n) is 13.5. The van der Waals surface area contributed by atoms with Gasteiger partial charge < -0.3 is 10.3 Å². The predicted octanol–water partition coefficient (Wildman–Crippen LogP) is 3.45. The van der Waals surface area contributed by atoms with Gasteiger partial charge in [0, 0.05) is 23.1 Å². The molecule has 2 N–H and O–H groups in total. The van der Waals surface area contributed by atoms with E-state index >= 15 is 0 Å². The highest BCUT2D eigenvalue weighted by molar-refractivity contribution is 5.85. The molecule has 0 fully saturated rings. The van der Waals surface area contributed by atoms with Crippen molar-refractivity contribution < 1.29 is 0 Å². The van der Waals surface area contributed by atoms with E-state index in [0.29, 0.717) is 12.5 Å². The summed E-state index contributed by atoms with van der Waals surface area (Å²) in [6.45, 7) is 8.78. The number of aromatic amines is 1. The summed E-state index contributed by atoms with van der Waals surface area (Å²) >= 11 is 0. The van der Waals surface area contributed by atoms with Gasteiger partial charge in [-0.15, -0.1) is 0 Å². The summed E-state index contributed by atoms with van der Waals surface area (Å²) in [5.74, 6) is 2.10. The molecule has 0 bridgehead atoms. The number of nitrogens with zero attached hydrogens (tertiary/aromatic N) is 3. The van der Waals surface area contributed by atoms with Crippen LogP contribution in [-0.4, -0.2) is 19.9 Å². The van der Waals surface area contributed by atoms with Crippen molar-refractivity contribution in [1.82, 2.24) is 19.9 Å². The van der Waals surface area contributed by atoms with E-state index in [1.807, 2.05) is 13.8 Å². The Balaban J connectivity index is 1.84. The number of rotatable bonds is 4. The van der Waals surface area contributed by atoms with Crippen molar-refractivity contribution in [1.29, 1.82) is 0 Å². The molecule has 22 heavy (non-hydrogen) atoms. The van der Waals surface area contributed by atoms with Gasteiger partial charge in [-0.3, -0.25) is 0 Å². The van der Waals surface area contributed by atoms with Crippen molar-refractivity contribution in [3.63, 3.8) is 0 Å². The summed E-state index contributed by atoms with van der Waals surface area (Å²) in [7, 11) is 0. The second kappa shape index (κ2) is 5.75. The van der Waals surface area contributed by atoms with Gasteiger partial charge in [-0.1, -0.05) is 13.0 Å². The number of benzene rings is 1. The van der Waals surface area contributed by atoms with Crippen molar-refractivity contribution in [3.8, 4) is 0 Å². The molecule has 0 unspecified atom stereocenters. The number of nitrogens with one attached hydrogen (secondary N) is 2. The van der Waals surface area contributed by atoms with Crippen LogP contribution in [-0.2, 0) is 13.0 Å². The quantitative estimate of drug-likeness (QED) is 0.773. The smallest absolute Gasteiger partial charge is 0.226 e. The zero-order valence-corrected chi connectivity index (χ0v) is 13.5. The van der Waals surface area contributed by atoms with E-state index in [0.717, 1.165) is 18.1 Å². The maximum atomic E-state index is 4.31. The van der Waals surface area contributed by atoms with Crippen molar-refractivity contribution in [3.05, 3.63) is 46.7 Å². The molecule has 0 spiro atoms. The Morgan fingerprint density at radius 1 is 1.05 bits per heavy atom. The van der Waals surface area contributed by atoms with Crippen LogP contribution in [0.3, 0.4) is 0 Å². The van der Waals surface area contributed by atoms with Crippen molar-refractivity contribution in [2.75, 3.05) is 5.32 Å². The fraction of sp³-hybridized carbons (Fsp3) is 0.353. The van der Waals surface area contributed by atoms with Crippen LogP contribution in [0.15, 0.2) is 18.2 Å². The van der Waals surface area contributed by atoms with Crippen molar-refractivity contribution in [2.24, 2.45) is 0 Å². The molecule has 0 amide bonds. The third-order valence-electron chi connectivity index (χ3n) is 3.85. The Morgan fingerprint density at radius 3 is 2.45 bits per heavy atom. The number of hydrogen-bond donors (Lipinski definition) is 2. The average molecular weight is 295 g/mol. The first-order valence-electron chi connectivity index (χ1n) is 7.60. The van der Waals surface area contributed by atoms with Crippen molar-refractivity contribution >= 4 is 16.9 Å². The van der Waals surface area contributed by atoms with Crippen LogP contribution in [0, 0.1) is 20.8 Å². The third kappa shape index (κ3) is 2.79. The van der Waals surface area contributed by atoms with Crippen LogP contribution >= 0.6 is 0 Å². The number of H-pyrrole nitrogens is 1. The molecule has 0 atom stereocenters. The van der Waals surface area contributed by atoms with Gasteiger partial charge in [-0.2, -0.15) is 9.97 Å². The molecule has 0 aliphatic heterocycles. The number of anilines is 1. The lowest BCUT2D eigenvalue weighted by molar-refractivity contribution is 0.908. The monoisotopic (exact) mass is 295 g/mol. The lowest BCUT2D eigenvalue weighted by Crippen LogP contribution is -2.07. The van der Waals surface area contributed by atoms with E-state index < -0.39 is 0 Å². The summed E-state index contributed by atoms with van der Waals surface area (Å²) in [6, 6.07) is 6.51. The van der Waals surface area contributed by atoms with E-state index in [-0.39, 0.29) is 0 Å². The van der Waals surface area contributed by atoms with E-state index in [2.05, 4.69) is 57.3 Å². The lowest BCUT2D eigenvalue weighted by atomic mass is 10.1. The summed E-state index contributed by atoms with van der Waals surface area (Å²) in [6.07, 6.45) is 1.04. The van der Waals surface area contributed by atoms with Gasteiger partial charge in [-0.25, -0.2) is 4.98 Å². The zero-order chi connectivity index (χ0) is 15.7. The normalized spacial score (nSPS) is 11.1. The molecule has 5 nitrogen and oxygen atoms in total. The lowest BCUT2D eigenvalue weighted by Gasteiger charge is -2.07. The molecular formula is C17H21N5. The highest BCUT2D eigenvalue weighted by Gasteiger charge is 2.07. The van der Waals surface area contributed by atoms with Crippen LogP contribution in [0.4, 0.5) is 5.95 Å². The molecule has 3 rings (SSSR count). The fourth-order valence-electron chi connectivity index (χ4n) is 2.87. The molecule has 0 aliphatic carbocycles. The van der Waals surface area contributed by atoms with Gasteiger partial charge in [0.15, 0.2) is 0 Å². The molecule has 0 radical (unpaired) electrons. The molecule has 1 aromatic carbocycles. The van der Waals surface area contributed by atoms with Gasteiger partial charge in [0.25, 0.3) is 0 Å². The molecule has 0 saturated heterocycles. The maximum Gasteiger partial charge on any atom is 0.226 e. The largest absolute Gasteiger partial charge is 0.358 e. The molecule has 5 heteroatoms. The minimum atomic E-state index is 0.631. The van der Waals surface area contributed by atoms with Crippen LogP contribution in [0.2, 0.25) is 0 Å². The molecule has 2 heterocycles. The van der Waals surface area contributed by atoms with Gasteiger partial charge in [-0.05, 0) is 50.5 Å². The Bertz CT molecular complexity index is 799. The Kier molecular flexibility index (Phi) is 3.79. The topological polar surface area (TPSA) is 66.5 Å². The number of aryl methyl sites for hydroxylation is 4. The van der Waals surface area contributed by atoms with Crippen molar-refractivity contribution in [2.45, 2.75) is 40.7 Å². The second-order valence-corrected chi connectivity index (χ2v) is 5.57. The number of hydrogen-bond acceptors (Lipinski definition) is 4. The maximum absolute atomic E-state index is 4.31.